The Balaban J connectivity index is 1.22. The normalized spacial score (nSPS) is 18.0. The molecule has 5 rings (SSSR count). The van der Waals surface area contributed by atoms with Gasteiger partial charge in [-0.05, 0) is 35.9 Å². The van der Waals surface area contributed by atoms with Crippen molar-refractivity contribution < 1.29 is 13.5 Å². The van der Waals surface area contributed by atoms with E-state index in [1.165, 1.54) is 23.9 Å². The van der Waals surface area contributed by atoms with Crippen molar-refractivity contribution in [3.63, 3.8) is 0 Å². The number of hydrogen-bond acceptors (Lipinski definition) is 7. The molecule has 1 saturated heterocycles. The van der Waals surface area contributed by atoms with Gasteiger partial charge < -0.3 is 19.9 Å². The molecule has 3 aromatic rings. The zero-order valence-electron chi connectivity index (χ0n) is 18.9. The Morgan fingerprint density at radius 3 is 2.82 bits per heavy atom. The first-order valence-corrected chi connectivity index (χ1v) is 12.0. The Morgan fingerprint density at radius 1 is 1.15 bits per heavy atom. The number of aliphatic imine (C=N–C) groups is 1. The zero-order valence-corrected chi connectivity index (χ0v) is 19.7. The lowest BCUT2D eigenvalue weighted by Gasteiger charge is -2.26. The van der Waals surface area contributed by atoms with E-state index in [2.05, 4.69) is 37.2 Å². The topological polar surface area (TPSA) is 66.7 Å². The van der Waals surface area contributed by atoms with Crippen LogP contribution in [0.5, 0.6) is 0 Å². The Bertz CT molecular complexity index is 1250. The molecular formula is C24H26F2N6OS. The molecule has 0 bridgehead atoms. The van der Waals surface area contributed by atoms with Gasteiger partial charge >= 0.3 is 0 Å². The Kier molecular flexibility index (Phi) is 6.80. The van der Waals surface area contributed by atoms with E-state index in [9.17, 15) is 8.78 Å². The number of amidine groups is 1. The maximum atomic E-state index is 13.9. The molecule has 10 heteroatoms. The molecule has 2 N–H and O–H groups in total. The lowest BCUT2D eigenvalue weighted by atomic mass is 10.2. The number of anilines is 2. The number of nitrogens with one attached hydrogen (secondary N) is 2. The molecule has 0 saturated carbocycles. The number of fused-ring (bicyclic) bond motifs is 1. The number of halogens is 2. The van der Waals surface area contributed by atoms with Crippen LogP contribution in [-0.2, 0) is 11.8 Å². The molecular weight excluding hydrogens is 458 g/mol. The molecule has 2 aliphatic rings. The lowest BCUT2D eigenvalue weighted by molar-refractivity contribution is 0.0398. The predicted octanol–water partition coefficient (Wildman–Crippen LogP) is 4.15. The largest absolute Gasteiger partial charge is 0.379 e. The van der Waals surface area contributed by atoms with Crippen molar-refractivity contribution in [3.05, 3.63) is 58.5 Å². The van der Waals surface area contributed by atoms with Gasteiger partial charge in [0.05, 0.1) is 36.5 Å². The second-order valence-corrected chi connectivity index (χ2v) is 9.32. The fraction of sp³-hybridized carbons (Fsp3) is 0.333. The van der Waals surface area contributed by atoms with E-state index in [-0.39, 0.29) is 5.69 Å². The van der Waals surface area contributed by atoms with Crippen LogP contribution in [0.25, 0.3) is 17.1 Å². The highest BCUT2D eigenvalue weighted by Crippen LogP contribution is 2.30. The Hall–Kier alpha value is -2.95. The van der Waals surface area contributed by atoms with Crippen molar-refractivity contribution in [3.8, 4) is 0 Å². The highest BCUT2D eigenvalue weighted by molar-refractivity contribution is 8.17. The smallest absolute Gasteiger partial charge is 0.203 e. The number of thioether (sulfide) groups is 1. The SMILES string of the molecule is Cn1c(NCCN2CCOCC2)nc2ccc(C=C3CN=C(Nc4ccc(F)cc4F)S3)cc21. The third kappa shape index (κ3) is 5.24. The molecule has 1 aromatic heterocycles. The monoisotopic (exact) mass is 484 g/mol. The maximum absolute atomic E-state index is 13.9. The van der Waals surface area contributed by atoms with Crippen molar-refractivity contribution in [2.45, 2.75) is 0 Å². The van der Waals surface area contributed by atoms with Gasteiger partial charge in [0.25, 0.3) is 0 Å². The number of aromatic nitrogens is 2. The maximum Gasteiger partial charge on any atom is 0.203 e. The van der Waals surface area contributed by atoms with Crippen LogP contribution < -0.4 is 10.6 Å². The first-order valence-electron chi connectivity index (χ1n) is 11.2. The molecule has 7 nitrogen and oxygen atoms in total. The molecule has 0 amide bonds. The summed E-state index contributed by atoms with van der Waals surface area (Å²) in [4.78, 5) is 12.6. The van der Waals surface area contributed by atoms with Gasteiger partial charge in [-0.25, -0.2) is 13.8 Å². The summed E-state index contributed by atoms with van der Waals surface area (Å²) in [6.07, 6.45) is 2.07. The van der Waals surface area contributed by atoms with Crippen molar-refractivity contribution in [1.82, 2.24) is 14.5 Å². The summed E-state index contributed by atoms with van der Waals surface area (Å²) in [5.41, 5.74) is 3.22. The lowest BCUT2D eigenvalue weighted by Crippen LogP contribution is -2.39. The molecule has 0 aliphatic carbocycles. The van der Waals surface area contributed by atoms with Crippen LogP contribution in [0.1, 0.15) is 5.56 Å². The number of imidazole rings is 1. The van der Waals surface area contributed by atoms with Gasteiger partial charge in [0.2, 0.25) is 5.95 Å². The summed E-state index contributed by atoms with van der Waals surface area (Å²) in [7, 11) is 2.01. The van der Waals surface area contributed by atoms with Crippen LogP contribution in [0, 0.1) is 11.6 Å². The van der Waals surface area contributed by atoms with Gasteiger partial charge in [0.15, 0.2) is 5.17 Å². The summed E-state index contributed by atoms with van der Waals surface area (Å²) in [6.45, 7) is 5.84. The minimum Gasteiger partial charge on any atom is -0.379 e. The highest BCUT2D eigenvalue weighted by Gasteiger charge is 2.16. The number of hydrogen-bond donors (Lipinski definition) is 2. The molecule has 0 radical (unpaired) electrons. The van der Waals surface area contributed by atoms with E-state index in [0.29, 0.717) is 11.7 Å². The molecule has 0 spiro atoms. The minimum atomic E-state index is -0.642. The van der Waals surface area contributed by atoms with Crippen LogP contribution in [0.4, 0.5) is 20.4 Å². The fourth-order valence-corrected chi connectivity index (χ4v) is 4.84. The van der Waals surface area contributed by atoms with Gasteiger partial charge in [0, 0.05) is 44.2 Å². The van der Waals surface area contributed by atoms with Crippen molar-refractivity contribution in [2.75, 3.05) is 56.6 Å². The van der Waals surface area contributed by atoms with E-state index in [1.54, 1.807) is 0 Å². The van der Waals surface area contributed by atoms with Crippen LogP contribution in [-0.4, -0.2) is 65.6 Å². The summed E-state index contributed by atoms with van der Waals surface area (Å²) in [5.74, 6) is -0.401. The van der Waals surface area contributed by atoms with Crippen molar-refractivity contribution in [2.24, 2.45) is 12.0 Å². The number of aryl methyl sites for hydroxylation is 1. The van der Waals surface area contributed by atoms with E-state index < -0.39 is 11.6 Å². The van der Waals surface area contributed by atoms with Crippen LogP contribution in [0.2, 0.25) is 0 Å². The van der Waals surface area contributed by atoms with E-state index in [0.717, 1.165) is 72.9 Å². The number of ether oxygens (including phenoxy) is 1. The van der Waals surface area contributed by atoms with E-state index in [4.69, 9.17) is 9.72 Å². The number of benzene rings is 2. The molecule has 1 fully saturated rings. The summed E-state index contributed by atoms with van der Waals surface area (Å²) in [6, 6.07) is 9.60. The number of morpholine rings is 1. The Morgan fingerprint density at radius 2 is 2.00 bits per heavy atom. The summed E-state index contributed by atoms with van der Waals surface area (Å²) >= 11 is 1.44. The van der Waals surface area contributed by atoms with E-state index >= 15 is 0 Å². The van der Waals surface area contributed by atoms with Crippen molar-refractivity contribution >= 4 is 45.7 Å². The van der Waals surface area contributed by atoms with Crippen LogP contribution >= 0.6 is 11.8 Å². The third-order valence-electron chi connectivity index (χ3n) is 5.83. The van der Waals surface area contributed by atoms with Crippen molar-refractivity contribution in [1.29, 1.82) is 0 Å². The minimum absolute atomic E-state index is 0.207. The average Bonchev–Trinajstić information content (AvgIpc) is 3.40. The molecule has 0 unspecified atom stereocenters. The number of rotatable bonds is 6. The molecule has 178 valence electrons. The summed E-state index contributed by atoms with van der Waals surface area (Å²) in [5, 5.41) is 6.97. The molecule has 0 atom stereocenters. The van der Waals surface area contributed by atoms with Crippen LogP contribution in [0.15, 0.2) is 46.3 Å². The molecule has 2 aromatic carbocycles. The Labute approximate surface area is 200 Å². The fourth-order valence-electron chi connectivity index (χ4n) is 3.98. The van der Waals surface area contributed by atoms with Gasteiger partial charge in [-0.15, -0.1) is 0 Å². The van der Waals surface area contributed by atoms with E-state index in [1.807, 2.05) is 19.2 Å². The van der Waals surface area contributed by atoms with Gasteiger partial charge in [-0.3, -0.25) is 9.89 Å². The van der Waals surface area contributed by atoms with Gasteiger partial charge in [-0.1, -0.05) is 17.8 Å². The standard InChI is InChI=1S/C24H26F2N6OS/c1-31-22-13-16(2-4-21(22)29-23(31)27-6-7-32-8-10-33-11-9-32)12-18-15-28-24(34-18)30-20-5-3-17(25)14-19(20)26/h2-5,12-14H,6-11,15H2,1H3,(H,27,29)(H,28,30). The zero-order chi connectivity index (χ0) is 23.5. The second-order valence-electron chi connectivity index (χ2n) is 8.21. The molecule has 2 aliphatic heterocycles. The second kappa shape index (κ2) is 10.1. The first kappa shape index (κ1) is 22.8. The first-order chi connectivity index (χ1) is 16.5. The summed E-state index contributed by atoms with van der Waals surface area (Å²) < 4.78 is 34.5. The third-order valence-corrected chi connectivity index (χ3v) is 6.76. The highest BCUT2D eigenvalue weighted by atomic mass is 32.2. The molecule has 3 heterocycles. The van der Waals surface area contributed by atoms with Crippen LogP contribution in [0.3, 0.4) is 0 Å². The van der Waals surface area contributed by atoms with Gasteiger partial charge in [0.1, 0.15) is 11.6 Å². The quantitative estimate of drug-likeness (QED) is 0.548. The van der Waals surface area contributed by atoms with Gasteiger partial charge in [-0.2, -0.15) is 0 Å². The average molecular weight is 485 g/mol. The molecule has 34 heavy (non-hydrogen) atoms. The predicted molar refractivity (Wildman–Crippen MR) is 134 cm³/mol. The number of nitrogens with zero attached hydrogens (tertiary/aromatic N) is 4.